The number of carbonyl (C=O) groups excluding carboxylic acids is 1. The van der Waals surface area contributed by atoms with Crippen molar-refractivity contribution in [2.24, 2.45) is 22.2 Å². The van der Waals surface area contributed by atoms with E-state index in [2.05, 4.69) is 9.73 Å². The smallest absolute Gasteiger partial charge is 0.341 e. The number of rotatable bonds is 7. The van der Waals surface area contributed by atoms with Crippen molar-refractivity contribution in [1.29, 1.82) is 0 Å². The van der Waals surface area contributed by atoms with Gasteiger partial charge in [-0.25, -0.2) is 4.79 Å². The lowest BCUT2D eigenvalue weighted by Gasteiger charge is -2.09. The zero-order valence-corrected chi connectivity index (χ0v) is 8.76. The van der Waals surface area contributed by atoms with E-state index in [1.54, 1.807) is 0 Å². The van der Waals surface area contributed by atoms with E-state index in [1.807, 2.05) is 0 Å². The van der Waals surface area contributed by atoms with E-state index in [4.69, 9.17) is 22.3 Å². The summed E-state index contributed by atoms with van der Waals surface area (Å²) in [5.41, 5.74) is 15.6. The molecule has 0 aromatic rings. The molecular weight excluding hydrogens is 216 g/mol. The first-order chi connectivity index (χ1) is 7.43. The summed E-state index contributed by atoms with van der Waals surface area (Å²) in [5.74, 6) is -1.99. The fraction of sp³-hybridized carbons (Fsp3) is 0.625. The summed E-state index contributed by atoms with van der Waals surface area (Å²) >= 11 is 0. The second kappa shape index (κ2) is 7.46. The molecule has 0 heterocycles. The maximum absolute atomic E-state index is 11.1. The van der Waals surface area contributed by atoms with E-state index < -0.39 is 24.6 Å². The summed E-state index contributed by atoms with van der Waals surface area (Å²) in [6.45, 7) is -0.317. The van der Waals surface area contributed by atoms with Crippen molar-refractivity contribution in [2.75, 3.05) is 13.2 Å². The third-order valence-electron chi connectivity index (χ3n) is 1.61. The van der Waals surface area contributed by atoms with Crippen LogP contribution in [0.4, 0.5) is 0 Å². The Morgan fingerprint density at radius 2 is 2.00 bits per heavy atom. The third kappa shape index (κ3) is 7.56. The Kier molecular flexibility index (Phi) is 6.61. The summed E-state index contributed by atoms with van der Waals surface area (Å²) in [7, 11) is 0. The van der Waals surface area contributed by atoms with Crippen LogP contribution in [0.3, 0.4) is 0 Å². The molecular formula is C8H16N4O4. The first kappa shape index (κ1) is 14.2. The zero-order chi connectivity index (χ0) is 12.6. The topological polar surface area (TPSA) is 154 Å². The second-order valence-corrected chi connectivity index (χ2v) is 3.06. The normalized spacial score (nSPS) is 11.6. The van der Waals surface area contributed by atoms with Crippen molar-refractivity contribution in [3.8, 4) is 0 Å². The summed E-state index contributed by atoms with van der Waals surface area (Å²) in [4.78, 5) is 24.9. The molecule has 1 unspecified atom stereocenters. The van der Waals surface area contributed by atoms with Crippen LogP contribution < -0.4 is 17.2 Å². The monoisotopic (exact) mass is 232 g/mol. The van der Waals surface area contributed by atoms with Gasteiger partial charge in [-0.15, -0.1) is 0 Å². The van der Waals surface area contributed by atoms with Gasteiger partial charge in [0.2, 0.25) is 0 Å². The van der Waals surface area contributed by atoms with Gasteiger partial charge in [-0.1, -0.05) is 0 Å². The maximum Gasteiger partial charge on any atom is 0.341 e. The van der Waals surface area contributed by atoms with Gasteiger partial charge in [-0.05, 0) is 12.8 Å². The number of esters is 1. The number of ether oxygens (including phenoxy) is 1. The summed E-state index contributed by atoms with van der Waals surface area (Å²) in [6.07, 6.45) is 0.844. The highest BCUT2D eigenvalue weighted by Gasteiger charge is 2.15. The van der Waals surface area contributed by atoms with E-state index >= 15 is 0 Å². The van der Waals surface area contributed by atoms with Crippen LogP contribution in [0.1, 0.15) is 12.8 Å². The van der Waals surface area contributed by atoms with Crippen LogP contribution in [0.2, 0.25) is 0 Å². The highest BCUT2D eigenvalue weighted by atomic mass is 16.5. The average molecular weight is 232 g/mol. The molecule has 0 aromatic carbocycles. The molecule has 0 saturated heterocycles. The van der Waals surface area contributed by atoms with Gasteiger partial charge < -0.3 is 27.0 Å². The lowest BCUT2D eigenvalue weighted by molar-refractivity contribution is -0.156. The summed E-state index contributed by atoms with van der Waals surface area (Å²) < 4.78 is 4.39. The molecule has 0 aliphatic carbocycles. The first-order valence-electron chi connectivity index (χ1n) is 4.63. The third-order valence-corrected chi connectivity index (χ3v) is 1.61. The minimum absolute atomic E-state index is 0.0259. The second-order valence-electron chi connectivity index (χ2n) is 3.06. The Balaban J connectivity index is 3.71. The van der Waals surface area contributed by atoms with Gasteiger partial charge in [-0.3, -0.25) is 9.79 Å². The molecule has 0 aromatic heterocycles. The molecule has 1 atom stereocenters. The standard InChI is InChI=1S/C8H16N4O4/c9-5(2-1-3-12-8(10)11)7(15)16-4-6(13)14/h5H,1-4,9H2,(H,13,14)(H4,10,11,12). The number of aliphatic imine (C=N–C) groups is 1. The van der Waals surface area contributed by atoms with Crippen LogP contribution in [-0.4, -0.2) is 42.2 Å². The highest BCUT2D eigenvalue weighted by Crippen LogP contribution is 1.97. The van der Waals surface area contributed by atoms with Gasteiger partial charge in [0, 0.05) is 6.54 Å². The van der Waals surface area contributed by atoms with Crippen molar-refractivity contribution >= 4 is 17.9 Å². The summed E-state index contributed by atoms with van der Waals surface area (Å²) in [5, 5.41) is 8.26. The highest BCUT2D eigenvalue weighted by molar-refractivity contribution is 5.78. The molecule has 0 bridgehead atoms. The number of guanidine groups is 1. The number of aliphatic carboxylic acids is 1. The van der Waals surface area contributed by atoms with Crippen LogP contribution in [0, 0.1) is 0 Å². The van der Waals surface area contributed by atoms with Gasteiger partial charge in [0.25, 0.3) is 0 Å². The first-order valence-corrected chi connectivity index (χ1v) is 4.63. The lowest BCUT2D eigenvalue weighted by Crippen LogP contribution is -2.33. The quantitative estimate of drug-likeness (QED) is 0.171. The fourth-order valence-corrected chi connectivity index (χ4v) is 0.877. The molecule has 0 radical (unpaired) electrons. The van der Waals surface area contributed by atoms with E-state index in [9.17, 15) is 9.59 Å². The molecule has 8 heteroatoms. The minimum atomic E-state index is -1.22. The number of nitrogens with zero attached hydrogens (tertiary/aromatic N) is 1. The number of carboxylic acid groups (broad SMARTS) is 1. The van der Waals surface area contributed by atoms with Gasteiger partial charge in [0.1, 0.15) is 6.04 Å². The number of carbonyl (C=O) groups is 2. The Labute approximate surface area is 92.4 Å². The fourth-order valence-electron chi connectivity index (χ4n) is 0.877. The maximum atomic E-state index is 11.1. The molecule has 7 N–H and O–H groups in total. The van der Waals surface area contributed by atoms with Crippen LogP contribution in [0.5, 0.6) is 0 Å². The van der Waals surface area contributed by atoms with Gasteiger partial charge >= 0.3 is 11.9 Å². The van der Waals surface area contributed by atoms with Gasteiger partial charge in [-0.2, -0.15) is 0 Å². The number of nitrogens with two attached hydrogens (primary N) is 3. The molecule has 0 saturated carbocycles. The predicted molar refractivity (Wildman–Crippen MR) is 56.5 cm³/mol. The molecule has 0 aliphatic heterocycles. The number of carboxylic acids is 1. The Morgan fingerprint density at radius 1 is 1.38 bits per heavy atom. The Bertz CT molecular complexity index is 275. The van der Waals surface area contributed by atoms with Crippen molar-refractivity contribution in [2.45, 2.75) is 18.9 Å². The van der Waals surface area contributed by atoms with E-state index in [1.165, 1.54) is 0 Å². The van der Waals surface area contributed by atoms with Crippen molar-refractivity contribution in [3.63, 3.8) is 0 Å². The van der Waals surface area contributed by atoms with Crippen molar-refractivity contribution in [1.82, 2.24) is 0 Å². The molecule has 8 nitrogen and oxygen atoms in total. The van der Waals surface area contributed by atoms with Crippen molar-refractivity contribution in [3.05, 3.63) is 0 Å². The largest absolute Gasteiger partial charge is 0.479 e. The van der Waals surface area contributed by atoms with Crippen molar-refractivity contribution < 1.29 is 19.4 Å². The Hall–Kier alpha value is -1.83. The molecule has 0 spiro atoms. The van der Waals surface area contributed by atoms with Crippen LogP contribution in [0.15, 0.2) is 4.99 Å². The molecule has 0 amide bonds. The van der Waals surface area contributed by atoms with Crippen LogP contribution in [-0.2, 0) is 14.3 Å². The lowest BCUT2D eigenvalue weighted by atomic mass is 10.2. The van der Waals surface area contributed by atoms with Gasteiger partial charge in [0.15, 0.2) is 12.6 Å². The minimum Gasteiger partial charge on any atom is -0.479 e. The van der Waals surface area contributed by atoms with E-state index in [0.717, 1.165) is 0 Å². The molecule has 0 aliphatic rings. The molecule has 0 rings (SSSR count). The summed E-state index contributed by atoms with van der Waals surface area (Å²) in [6, 6.07) is -0.853. The van der Waals surface area contributed by atoms with E-state index in [-0.39, 0.29) is 5.96 Å². The van der Waals surface area contributed by atoms with Crippen LogP contribution >= 0.6 is 0 Å². The molecule has 16 heavy (non-hydrogen) atoms. The van der Waals surface area contributed by atoms with Gasteiger partial charge in [0.05, 0.1) is 0 Å². The van der Waals surface area contributed by atoms with Crippen LogP contribution in [0.25, 0.3) is 0 Å². The van der Waals surface area contributed by atoms with E-state index in [0.29, 0.717) is 19.4 Å². The average Bonchev–Trinajstić information content (AvgIpc) is 2.20. The number of hydrogen-bond donors (Lipinski definition) is 4. The zero-order valence-electron chi connectivity index (χ0n) is 8.76. The Morgan fingerprint density at radius 3 is 2.50 bits per heavy atom. The predicted octanol–water partition coefficient (Wildman–Crippen LogP) is -2.00. The SMILES string of the molecule is NC(N)=NCCCC(N)C(=O)OCC(=O)O. The molecule has 0 fully saturated rings. The molecule has 92 valence electrons. The number of hydrogen-bond acceptors (Lipinski definition) is 5.